The predicted molar refractivity (Wildman–Crippen MR) is 45.7 cm³/mol. The monoisotopic (exact) mass is 181 g/mol. The van der Waals surface area contributed by atoms with E-state index >= 15 is 0 Å². The van der Waals surface area contributed by atoms with Crippen LogP contribution in [0.1, 0.15) is 5.69 Å². The molecule has 2 N–H and O–H groups in total. The molecule has 0 saturated carbocycles. The lowest BCUT2D eigenvalue weighted by atomic mass is 10.5. The minimum absolute atomic E-state index is 0. The fraction of sp³-hybridized carbons (Fsp3) is 0.200. The van der Waals surface area contributed by atoms with Crippen molar-refractivity contribution in [1.82, 2.24) is 9.97 Å². The maximum Gasteiger partial charge on any atom is 0.141 e. The van der Waals surface area contributed by atoms with E-state index in [1.54, 1.807) is 6.20 Å². The Kier molecular flexibility index (Phi) is 6.40. The summed E-state index contributed by atoms with van der Waals surface area (Å²) in [6.07, 6.45) is 3.17. The second-order valence-corrected chi connectivity index (χ2v) is 1.58. The van der Waals surface area contributed by atoms with E-state index in [1.165, 1.54) is 6.20 Å². The molecule has 58 valence electrons. The Morgan fingerprint density at radius 3 is 2.10 bits per heavy atom. The van der Waals surface area contributed by atoms with E-state index in [4.69, 9.17) is 5.73 Å². The van der Waals surface area contributed by atoms with Crippen molar-refractivity contribution < 1.29 is 0 Å². The van der Waals surface area contributed by atoms with Gasteiger partial charge in [0.1, 0.15) is 5.82 Å². The van der Waals surface area contributed by atoms with Crippen molar-refractivity contribution in [2.24, 2.45) is 0 Å². The van der Waals surface area contributed by atoms with Crippen molar-refractivity contribution in [3.05, 3.63) is 18.1 Å². The summed E-state index contributed by atoms with van der Waals surface area (Å²) in [7, 11) is 0. The molecule has 0 radical (unpaired) electrons. The minimum Gasteiger partial charge on any atom is -0.382 e. The third-order valence-corrected chi connectivity index (χ3v) is 0.801. The van der Waals surface area contributed by atoms with Crippen LogP contribution in [0.4, 0.5) is 5.82 Å². The summed E-state index contributed by atoms with van der Waals surface area (Å²) in [6.45, 7) is 1.87. The quantitative estimate of drug-likeness (QED) is 0.655. The van der Waals surface area contributed by atoms with Gasteiger partial charge in [0.05, 0.1) is 18.1 Å². The van der Waals surface area contributed by atoms with Gasteiger partial charge in [0.15, 0.2) is 0 Å². The summed E-state index contributed by atoms with van der Waals surface area (Å²) in [4.78, 5) is 7.69. The van der Waals surface area contributed by atoms with Crippen LogP contribution >= 0.6 is 24.8 Å². The molecule has 0 aromatic carbocycles. The predicted octanol–water partition coefficient (Wildman–Crippen LogP) is 1.21. The smallest absolute Gasteiger partial charge is 0.141 e. The normalized spacial score (nSPS) is 7.30. The molecule has 5 heteroatoms. The molecule has 3 nitrogen and oxygen atoms in total. The first-order valence-electron chi connectivity index (χ1n) is 2.33. The van der Waals surface area contributed by atoms with Crippen LogP contribution in [-0.4, -0.2) is 9.97 Å². The summed E-state index contributed by atoms with van der Waals surface area (Å²) in [6, 6.07) is 0. The van der Waals surface area contributed by atoms with Crippen LogP contribution in [0, 0.1) is 6.92 Å². The zero-order chi connectivity index (χ0) is 5.98. The first-order valence-corrected chi connectivity index (χ1v) is 2.33. The number of rotatable bonds is 0. The van der Waals surface area contributed by atoms with Crippen LogP contribution in [0.5, 0.6) is 0 Å². The molecule has 0 unspecified atom stereocenters. The highest BCUT2D eigenvalue weighted by molar-refractivity contribution is 5.85. The van der Waals surface area contributed by atoms with Crippen molar-refractivity contribution in [2.75, 3.05) is 5.73 Å². The van der Waals surface area contributed by atoms with Crippen molar-refractivity contribution in [1.29, 1.82) is 0 Å². The van der Waals surface area contributed by atoms with E-state index in [0.29, 0.717) is 5.82 Å². The van der Waals surface area contributed by atoms with Crippen molar-refractivity contribution in [2.45, 2.75) is 6.92 Å². The molecule has 1 rings (SSSR count). The Labute approximate surface area is 71.9 Å². The summed E-state index contributed by atoms with van der Waals surface area (Å²) >= 11 is 0. The van der Waals surface area contributed by atoms with Gasteiger partial charge in [-0.3, -0.25) is 4.98 Å². The van der Waals surface area contributed by atoms with E-state index in [0.717, 1.165) is 5.69 Å². The summed E-state index contributed by atoms with van der Waals surface area (Å²) in [5.41, 5.74) is 6.14. The lowest BCUT2D eigenvalue weighted by Crippen LogP contribution is -1.90. The molecule has 0 saturated heterocycles. The van der Waals surface area contributed by atoms with Gasteiger partial charge in [0, 0.05) is 0 Å². The standard InChI is InChI=1S/C5H7N3.2ClH/c1-4-2-8-5(6)3-7-4;;/h2-3H,1H3,(H2,6,8);2*1H. The molecule has 1 aromatic rings. The van der Waals surface area contributed by atoms with E-state index in [2.05, 4.69) is 9.97 Å². The number of nitrogen functional groups attached to an aromatic ring is 1. The Hall–Kier alpha value is -0.540. The summed E-state index contributed by atoms with van der Waals surface area (Å²) < 4.78 is 0. The van der Waals surface area contributed by atoms with Gasteiger partial charge in [-0.2, -0.15) is 0 Å². The van der Waals surface area contributed by atoms with Gasteiger partial charge in [-0.05, 0) is 6.92 Å². The highest BCUT2D eigenvalue weighted by atomic mass is 35.5. The molecule has 0 bridgehead atoms. The number of aromatic nitrogens is 2. The van der Waals surface area contributed by atoms with E-state index < -0.39 is 0 Å². The summed E-state index contributed by atoms with van der Waals surface area (Å²) in [5, 5.41) is 0. The van der Waals surface area contributed by atoms with Gasteiger partial charge in [-0.15, -0.1) is 24.8 Å². The van der Waals surface area contributed by atoms with Crippen LogP contribution < -0.4 is 5.73 Å². The SMILES string of the molecule is Cc1cnc(N)cn1.Cl.Cl. The number of halogens is 2. The molecule has 0 fully saturated rings. The molecule has 1 aromatic heterocycles. The number of nitrogens with zero attached hydrogens (tertiary/aromatic N) is 2. The van der Waals surface area contributed by atoms with Crippen molar-refractivity contribution in [3.63, 3.8) is 0 Å². The van der Waals surface area contributed by atoms with Gasteiger partial charge in [-0.25, -0.2) is 4.98 Å². The highest BCUT2D eigenvalue weighted by Gasteiger charge is 1.83. The second-order valence-electron chi connectivity index (χ2n) is 1.58. The Bertz CT molecular complexity index is 154. The number of hydrogen-bond donors (Lipinski definition) is 1. The molecular weight excluding hydrogens is 173 g/mol. The maximum absolute atomic E-state index is 5.25. The minimum atomic E-state index is 0. The van der Waals surface area contributed by atoms with Crippen molar-refractivity contribution >= 4 is 30.6 Å². The Morgan fingerprint density at radius 2 is 1.80 bits per heavy atom. The first kappa shape index (κ1) is 12.2. The summed E-state index contributed by atoms with van der Waals surface area (Å²) in [5.74, 6) is 0.468. The second kappa shape index (κ2) is 5.26. The molecule has 0 atom stereocenters. The van der Waals surface area contributed by atoms with Crippen LogP contribution in [0.15, 0.2) is 12.4 Å². The Morgan fingerprint density at radius 1 is 1.20 bits per heavy atom. The lowest BCUT2D eigenvalue weighted by molar-refractivity contribution is 1.13. The fourth-order valence-electron chi connectivity index (χ4n) is 0.403. The van der Waals surface area contributed by atoms with Gasteiger partial charge >= 0.3 is 0 Å². The number of hydrogen-bond acceptors (Lipinski definition) is 3. The lowest BCUT2D eigenvalue weighted by Gasteiger charge is -1.88. The van der Waals surface area contributed by atoms with Crippen molar-refractivity contribution in [3.8, 4) is 0 Å². The number of anilines is 1. The molecule has 0 amide bonds. The molecule has 0 aliphatic heterocycles. The number of aryl methyl sites for hydroxylation is 1. The largest absolute Gasteiger partial charge is 0.382 e. The fourth-order valence-corrected chi connectivity index (χ4v) is 0.403. The Balaban J connectivity index is 0. The molecular formula is C5H9Cl2N3. The van der Waals surface area contributed by atoms with E-state index in [-0.39, 0.29) is 24.8 Å². The molecule has 0 spiro atoms. The molecule has 0 aliphatic carbocycles. The third kappa shape index (κ3) is 3.48. The maximum atomic E-state index is 5.25. The zero-order valence-electron chi connectivity index (χ0n) is 5.44. The van der Waals surface area contributed by atoms with E-state index in [9.17, 15) is 0 Å². The average molecular weight is 182 g/mol. The molecule has 1 heterocycles. The van der Waals surface area contributed by atoms with Crippen LogP contribution in [0.3, 0.4) is 0 Å². The first-order chi connectivity index (χ1) is 3.79. The molecule has 10 heavy (non-hydrogen) atoms. The molecule has 0 aliphatic rings. The topological polar surface area (TPSA) is 51.8 Å². The zero-order valence-corrected chi connectivity index (χ0v) is 7.08. The van der Waals surface area contributed by atoms with Gasteiger partial charge in [-0.1, -0.05) is 0 Å². The van der Waals surface area contributed by atoms with Crippen LogP contribution in [-0.2, 0) is 0 Å². The van der Waals surface area contributed by atoms with E-state index in [1.807, 2.05) is 6.92 Å². The van der Waals surface area contributed by atoms with Gasteiger partial charge in [0.2, 0.25) is 0 Å². The van der Waals surface area contributed by atoms with Gasteiger partial charge < -0.3 is 5.73 Å². The third-order valence-electron chi connectivity index (χ3n) is 0.801. The van der Waals surface area contributed by atoms with Crippen LogP contribution in [0.2, 0.25) is 0 Å². The average Bonchev–Trinajstić information content (AvgIpc) is 1.77. The van der Waals surface area contributed by atoms with Crippen LogP contribution in [0.25, 0.3) is 0 Å². The van der Waals surface area contributed by atoms with Gasteiger partial charge in [0.25, 0.3) is 0 Å². The number of nitrogens with two attached hydrogens (primary N) is 1. The highest BCUT2D eigenvalue weighted by Crippen LogP contribution is 1.91.